The molecule has 2 aromatic rings. The molecule has 0 bridgehead atoms. The second-order valence-electron chi connectivity index (χ2n) is 6.93. The summed E-state index contributed by atoms with van der Waals surface area (Å²) >= 11 is 0. The highest BCUT2D eigenvalue weighted by atomic mass is 16.6. The quantitative estimate of drug-likeness (QED) is 0.575. The number of nitro benzene ring substituents is 1. The van der Waals surface area contributed by atoms with E-state index in [0.717, 1.165) is 19.3 Å². The Labute approximate surface area is 151 Å². The number of carbonyl (C=O) groups is 1. The second-order valence-corrected chi connectivity index (χ2v) is 6.93. The molecule has 140 valence electrons. The second kappa shape index (κ2) is 8.55. The van der Waals surface area contributed by atoms with Gasteiger partial charge in [0.2, 0.25) is 5.91 Å². The number of nitrogens with zero attached hydrogens (tertiary/aromatic N) is 3. The molecule has 0 aliphatic rings. The summed E-state index contributed by atoms with van der Waals surface area (Å²) in [6.45, 7) is 6.08. The van der Waals surface area contributed by atoms with Crippen LogP contribution in [0.5, 0.6) is 0 Å². The van der Waals surface area contributed by atoms with Crippen molar-refractivity contribution in [2.75, 3.05) is 0 Å². The molecule has 0 saturated carbocycles. The highest BCUT2D eigenvalue weighted by Crippen LogP contribution is 2.16. The number of fused-ring (bicyclic) bond motifs is 1. The van der Waals surface area contributed by atoms with Crippen LogP contribution in [-0.4, -0.2) is 26.4 Å². The Bertz CT molecular complexity index is 860. The first-order valence-corrected chi connectivity index (χ1v) is 8.71. The van der Waals surface area contributed by atoms with Gasteiger partial charge in [0, 0.05) is 18.2 Å². The van der Waals surface area contributed by atoms with Gasteiger partial charge < -0.3 is 5.32 Å². The van der Waals surface area contributed by atoms with E-state index in [1.807, 2.05) is 6.92 Å². The van der Waals surface area contributed by atoms with Gasteiger partial charge in [-0.3, -0.25) is 24.3 Å². The first kappa shape index (κ1) is 19.6. The third kappa shape index (κ3) is 5.11. The lowest BCUT2D eigenvalue weighted by atomic mass is 10.0. The Morgan fingerprint density at radius 1 is 1.31 bits per heavy atom. The molecule has 1 atom stereocenters. The molecule has 0 spiro atoms. The van der Waals surface area contributed by atoms with Crippen molar-refractivity contribution in [3.8, 4) is 0 Å². The lowest BCUT2D eigenvalue weighted by Gasteiger charge is -2.15. The maximum Gasteiger partial charge on any atom is 0.270 e. The summed E-state index contributed by atoms with van der Waals surface area (Å²) in [4.78, 5) is 39.1. The molecule has 0 radical (unpaired) electrons. The van der Waals surface area contributed by atoms with Crippen LogP contribution in [0.15, 0.2) is 29.3 Å². The summed E-state index contributed by atoms with van der Waals surface area (Å²) in [7, 11) is 0. The minimum atomic E-state index is -0.568. The molecule has 8 heteroatoms. The molecule has 0 fully saturated rings. The molecule has 8 nitrogen and oxygen atoms in total. The highest BCUT2D eigenvalue weighted by Gasteiger charge is 2.13. The maximum atomic E-state index is 12.5. The monoisotopic (exact) mass is 360 g/mol. The van der Waals surface area contributed by atoms with E-state index in [1.54, 1.807) is 0 Å². The fourth-order valence-electron chi connectivity index (χ4n) is 2.75. The van der Waals surface area contributed by atoms with E-state index >= 15 is 0 Å². The predicted octanol–water partition coefficient (Wildman–Crippen LogP) is 2.64. The van der Waals surface area contributed by atoms with Crippen LogP contribution >= 0.6 is 0 Å². The van der Waals surface area contributed by atoms with E-state index < -0.39 is 10.5 Å². The summed E-state index contributed by atoms with van der Waals surface area (Å²) in [6, 6.07) is 3.93. The molecule has 0 aliphatic heterocycles. The predicted molar refractivity (Wildman–Crippen MR) is 99.0 cm³/mol. The van der Waals surface area contributed by atoms with Crippen molar-refractivity contribution in [2.24, 2.45) is 5.92 Å². The Balaban J connectivity index is 2.08. The zero-order chi connectivity index (χ0) is 19.3. The Morgan fingerprint density at radius 3 is 2.69 bits per heavy atom. The minimum Gasteiger partial charge on any atom is -0.352 e. The number of nitrogens with one attached hydrogen (secondary N) is 1. The summed E-state index contributed by atoms with van der Waals surface area (Å²) in [6.07, 6.45) is 4.30. The van der Waals surface area contributed by atoms with E-state index in [-0.39, 0.29) is 29.6 Å². The van der Waals surface area contributed by atoms with Gasteiger partial charge in [-0.2, -0.15) is 0 Å². The highest BCUT2D eigenvalue weighted by molar-refractivity contribution is 5.81. The van der Waals surface area contributed by atoms with Crippen molar-refractivity contribution >= 4 is 22.5 Å². The fraction of sp³-hybridized carbons (Fsp3) is 0.500. The molecule has 1 heterocycles. The lowest BCUT2D eigenvalue weighted by Crippen LogP contribution is -2.37. The third-order valence-corrected chi connectivity index (χ3v) is 4.16. The van der Waals surface area contributed by atoms with Crippen LogP contribution in [0.3, 0.4) is 0 Å². The zero-order valence-electron chi connectivity index (χ0n) is 15.3. The average molecular weight is 360 g/mol. The fourth-order valence-corrected chi connectivity index (χ4v) is 2.75. The molecule has 26 heavy (non-hydrogen) atoms. The molecule has 1 aromatic carbocycles. The summed E-state index contributed by atoms with van der Waals surface area (Å²) in [5.74, 6) is 0.347. The summed E-state index contributed by atoms with van der Waals surface area (Å²) < 4.78 is 1.17. The van der Waals surface area contributed by atoms with E-state index in [9.17, 15) is 19.7 Å². The Kier molecular flexibility index (Phi) is 6.43. The van der Waals surface area contributed by atoms with Gasteiger partial charge in [0.25, 0.3) is 11.2 Å². The average Bonchev–Trinajstić information content (AvgIpc) is 2.56. The van der Waals surface area contributed by atoms with E-state index in [2.05, 4.69) is 24.1 Å². The van der Waals surface area contributed by atoms with Crippen molar-refractivity contribution in [1.29, 1.82) is 0 Å². The van der Waals surface area contributed by atoms with Crippen LogP contribution in [0.1, 0.15) is 40.0 Å². The van der Waals surface area contributed by atoms with Gasteiger partial charge in [-0.25, -0.2) is 4.98 Å². The van der Waals surface area contributed by atoms with Crippen molar-refractivity contribution in [3.05, 3.63) is 45.0 Å². The smallest absolute Gasteiger partial charge is 0.270 e. The van der Waals surface area contributed by atoms with Crippen LogP contribution in [-0.2, 0) is 11.3 Å². The number of hydrogen-bond donors (Lipinski definition) is 1. The minimum absolute atomic E-state index is 0.0199. The van der Waals surface area contributed by atoms with Crippen LogP contribution in [0.2, 0.25) is 0 Å². The van der Waals surface area contributed by atoms with Crippen LogP contribution in [0, 0.1) is 16.0 Å². The number of rotatable bonds is 8. The van der Waals surface area contributed by atoms with Crippen molar-refractivity contribution in [3.63, 3.8) is 0 Å². The van der Waals surface area contributed by atoms with Crippen molar-refractivity contribution in [1.82, 2.24) is 14.9 Å². The number of non-ortho nitro benzene ring substituents is 1. The zero-order valence-corrected chi connectivity index (χ0v) is 15.3. The van der Waals surface area contributed by atoms with Gasteiger partial charge in [0.05, 0.1) is 22.2 Å². The largest absolute Gasteiger partial charge is 0.352 e. The molecule has 1 amide bonds. The lowest BCUT2D eigenvalue weighted by molar-refractivity contribution is -0.384. The molecule has 2 rings (SSSR count). The SMILES string of the molecule is CC(C)CCCC(C)NC(=O)Cn1cnc2ccc([N+](=O)[O-])cc2c1=O. The normalized spacial score (nSPS) is 12.3. The number of nitro groups is 1. The molecule has 1 aromatic heterocycles. The number of aromatic nitrogens is 2. The van der Waals surface area contributed by atoms with E-state index in [1.165, 1.54) is 29.1 Å². The maximum absolute atomic E-state index is 12.5. The first-order chi connectivity index (χ1) is 12.3. The standard InChI is InChI=1S/C18H24N4O4/c1-12(2)5-4-6-13(3)20-17(23)10-21-11-19-16-8-7-14(22(25)26)9-15(16)18(21)24/h7-9,11-13H,4-6,10H2,1-3H3,(H,20,23). The summed E-state index contributed by atoms with van der Waals surface area (Å²) in [5.41, 5.74) is -0.294. The molecule has 0 aliphatic carbocycles. The van der Waals surface area contributed by atoms with E-state index in [4.69, 9.17) is 0 Å². The Morgan fingerprint density at radius 2 is 2.04 bits per heavy atom. The van der Waals surface area contributed by atoms with Crippen molar-refractivity contribution < 1.29 is 9.72 Å². The molecule has 1 N–H and O–H groups in total. The van der Waals surface area contributed by atoms with Crippen molar-refractivity contribution in [2.45, 2.75) is 52.6 Å². The van der Waals surface area contributed by atoms with Gasteiger partial charge in [0.1, 0.15) is 6.54 Å². The molecule has 1 unspecified atom stereocenters. The number of amides is 1. The van der Waals surface area contributed by atoms with Crippen LogP contribution in [0.4, 0.5) is 5.69 Å². The van der Waals surface area contributed by atoms with E-state index in [0.29, 0.717) is 11.4 Å². The number of hydrogen-bond acceptors (Lipinski definition) is 5. The number of benzene rings is 1. The van der Waals surface area contributed by atoms with Gasteiger partial charge in [-0.1, -0.05) is 26.7 Å². The first-order valence-electron chi connectivity index (χ1n) is 8.71. The van der Waals surface area contributed by atoms with Gasteiger partial charge in [-0.05, 0) is 25.3 Å². The third-order valence-electron chi connectivity index (χ3n) is 4.16. The summed E-state index contributed by atoms with van der Waals surface area (Å²) in [5, 5.41) is 13.9. The van der Waals surface area contributed by atoms with Crippen LogP contribution < -0.4 is 10.9 Å². The van der Waals surface area contributed by atoms with Crippen LogP contribution in [0.25, 0.3) is 10.9 Å². The Hall–Kier alpha value is -2.77. The topological polar surface area (TPSA) is 107 Å². The molecule has 0 saturated heterocycles. The molecular formula is C18H24N4O4. The number of carbonyl (C=O) groups excluding carboxylic acids is 1. The molecular weight excluding hydrogens is 336 g/mol. The van der Waals surface area contributed by atoms with Gasteiger partial charge in [-0.15, -0.1) is 0 Å². The van der Waals surface area contributed by atoms with Gasteiger partial charge >= 0.3 is 0 Å². The van der Waals surface area contributed by atoms with Gasteiger partial charge in [0.15, 0.2) is 0 Å².